The molecular formula is C26H34N8O3. The molecule has 2 aliphatic rings. The first kappa shape index (κ1) is 25.1. The Morgan fingerprint density at radius 2 is 1.84 bits per heavy atom. The second kappa shape index (κ2) is 10.8. The van der Waals surface area contributed by atoms with E-state index in [0.717, 1.165) is 49.8 Å². The molecule has 3 aromatic rings. The normalized spacial score (nSPS) is 16.9. The summed E-state index contributed by atoms with van der Waals surface area (Å²) in [5.74, 6) is 0.830. The second-order valence-electron chi connectivity index (χ2n) is 9.92. The number of hydrogen-bond donors (Lipinski definition) is 2. The molecule has 2 amide bonds. The molecule has 1 aliphatic carbocycles. The van der Waals surface area contributed by atoms with Crippen LogP contribution in [0.25, 0.3) is 11.0 Å². The summed E-state index contributed by atoms with van der Waals surface area (Å²) in [5, 5.41) is 13.1. The van der Waals surface area contributed by atoms with Crippen LogP contribution in [0.2, 0.25) is 0 Å². The van der Waals surface area contributed by atoms with Gasteiger partial charge in [0.15, 0.2) is 0 Å². The van der Waals surface area contributed by atoms with Crippen LogP contribution in [0.4, 0.5) is 11.8 Å². The molecule has 3 aromatic heterocycles. The van der Waals surface area contributed by atoms with E-state index in [2.05, 4.69) is 24.8 Å². The summed E-state index contributed by atoms with van der Waals surface area (Å²) in [6, 6.07) is 5.63. The van der Waals surface area contributed by atoms with Crippen molar-refractivity contribution in [3.8, 4) is 0 Å². The van der Waals surface area contributed by atoms with Crippen LogP contribution in [-0.2, 0) is 0 Å². The zero-order valence-corrected chi connectivity index (χ0v) is 21.4. The molecule has 1 saturated carbocycles. The number of piperazine rings is 1. The van der Waals surface area contributed by atoms with E-state index in [4.69, 9.17) is 10.1 Å². The van der Waals surface area contributed by atoms with Gasteiger partial charge in [-0.3, -0.25) is 14.5 Å². The number of carbonyl (C=O) groups excluding carboxylic acids is 2. The van der Waals surface area contributed by atoms with E-state index in [1.807, 2.05) is 11.0 Å². The smallest absolute Gasteiger partial charge is 0.270 e. The number of pyridine rings is 1. The van der Waals surface area contributed by atoms with Gasteiger partial charge in [-0.25, -0.2) is 9.97 Å². The number of hydrogen-bond acceptors (Lipinski definition) is 8. The van der Waals surface area contributed by atoms with Crippen molar-refractivity contribution in [2.45, 2.75) is 31.7 Å². The molecule has 0 atom stereocenters. The molecule has 2 N–H and O–H groups in total. The van der Waals surface area contributed by atoms with Crippen LogP contribution in [0, 0.1) is 0 Å². The summed E-state index contributed by atoms with van der Waals surface area (Å²) in [5.41, 5.74) is 1.90. The third-order valence-corrected chi connectivity index (χ3v) is 7.22. The lowest BCUT2D eigenvalue weighted by Crippen LogP contribution is -2.49. The third-order valence-electron chi connectivity index (χ3n) is 7.22. The molecule has 5 rings (SSSR count). The number of anilines is 2. The molecule has 0 radical (unpaired) electrons. The monoisotopic (exact) mass is 506 g/mol. The fourth-order valence-electron chi connectivity index (χ4n) is 5.20. The van der Waals surface area contributed by atoms with Gasteiger partial charge < -0.3 is 24.8 Å². The van der Waals surface area contributed by atoms with E-state index >= 15 is 0 Å². The quantitative estimate of drug-likeness (QED) is 0.500. The summed E-state index contributed by atoms with van der Waals surface area (Å²) in [6.45, 7) is 3.53. The van der Waals surface area contributed by atoms with Gasteiger partial charge in [-0.05, 0) is 31.0 Å². The molecular weight excluding hydrogens is 472 g/mol. The van der Waals surface area contributed by atoms with Crippen molar-refractivity contribution in [3.05, 3.63) is 41.9 Å². The Kier molecular flexibility index (Phi) is 7.33. The van der Waals surface area contributed by atoms with Crippen LogP contribution in [-0.4, -0.2) is 105 Å². The van der Waals surface area contributed by atoms with Crippen LogP contribution in [0.3, 0.4) is 0 Å². The van der Waals surface area contributed by atoms with Gasteiger partial charge in [0.1, 0.15) is 17.2 Å². The number of nitrogens with zero attached hydrogens (tertiary/aromatic N) is 7. The lowest BCUT2D eigenvalue weighted by atomic mass is 10.2. The Hall–Kier alpha value is -3.57. The predicted octanol–water partition coefficient (Wildman–Crippen LogP) is 2.14. The lowest BCUT2D eigenvalue weighted by Gasteiger charge is -2.34. The lowest BCUT2D eigenvalue weighted by molar-refractivity contribution is 0.0614. The number of rotatable bonds is 7. The average molecular weight is 507 g/mol. The Morgan fingerprint density at radius 3 is 2.49 bits per heavy atom. The average Bonchev–Trinajstić information content (AvgIpc) is 3.56. The van der Waals surface area contributed by atoms with E-state index in [0.29, 0.717) is 42.7 Å². The highest BCUT2D eigenvalue weighted by Crippen LogP contribution is 2.34. The number of aliphatic hydroxyl groups is 1. The van der Waals surface area contributed by atoms with E-state index in [1.165, 1.54) is 0 Å². The molecule has 196 valence electrons. The summed E-state index contributed by atoms with van der Waals surface area (Å²) in [6.07, 6.45) is 7.64. The summed E-state index contributed by atoms with van der Waals surface area (Å²) < 4.78 is 2.08. The van der Waals surface area contributed by atoms with E-state index in [9.17, 15) is 9.59 Å². The Balaban J connectivity index is 1.33. The van der Waals surface area contributed by atoms with Crippen molar-refractivity contribution >= 4 is 34.6 Å². The fourth-order valence-corrected chi connectivity index (χ4v) is 5.20. The van der Waals surface area contributed by atoms with E-state index < -0.39 is 0 Å². The molecule has 0 spiro atoms. The number of β-amino-alcohol motifs (C(OH)–C–C–N with tert-alkyl or cyclic N) is 1. The van der Waals surface area contributed by atoms with Crippen molar-refractivity contribution in [3.63, 3.8) is 0 Å². The highest BCUT2D eigenvalue weighted by Gasteiger charge is 2.27. The van der Waals surface area contributed by atoms with Gasteiger partial charge in [0.05, 0.1) is 12.2 Å². The van der Waals surface area contributed by atoms with Crippen molar-refractivity contribution in [1.29, 1.82) is 0 Å². The van der Waals surface area contributed by atoms with Crippen molar-refractivity contribution in [2.75, 3.05) is 58.7 Å². The highest BCUT2D eigenvalue weighted by atomic mass is 16.3. The van der Waals surface area contributed by atoms with Gasteiger partial charge in [-0.1, -0.05) is 12.8 Å². The van der Waals surface area contributed by atoms with Gasteiger partial charge >= 0.3 is 0 Å². The first-order valence-electron chi connectivity index (χ1n) is 12.9. The minimum atomic E-state index is -0.0483. The van der Waals surface area contributed by atoms with Gasteiger partial charge in [0, 0.05) is 70.6 Å². The highest BCUT2D eigenvalue weighted by molar-refractivity contribution is 5.98. The van der Waals surface area contributed by atoms with Crippen LogP contribution in [0.5, 0.6) is 0 Å². The summed E-state index contributed by atoms with van der Waals surface area (Å²) in [7, 11) is 3.52. The number of fused-ring (bicyclic) bond motifs is 1. The Labute approximate surface area is 216 Å². The molecule has 1 saturated heterocycles. The fraction of sp³-hybridized carbons (Fsp3) is 0.500. The van der Waals surface area contributed by atoms with E-state index in [1.54, 1.807) is 43.5 Å². The molecule has 37 heavy (non-hydrogen) atoms. The first-order chi connectivity index (χ1) is 17.9. The number of carbonyl (C=O) groups is 2. The maximum Gasteiger partial charge on any atom is 0.270 e. The zero-order valence-electron chi connectivity index (χ0n) is 21.4. The van der Waals surface area contributed by atoms with Gasteiger partial charge in [-0.2, -0.15) is 4.98 Å². The predicted molar refractivity (Wildman–Crippen MR) is 140 cm³/mol. The minimum absolute atomic E-state index is 0.0452. The first-order valence-corrected chi connectivity index (χ1v) is 12.9. The molecule has 11 nitrogen and oxygen atoms in total. The molecule has 0 unspecified atom stereocenters. The third kappa shape index (κ3) is 5.28. The molecule has 11 heteroatoms. The van der Waals surface area contributed by atoms with E-state index in [-0.39, 0.29) is 24.5 Å². The second-order valence-corrected chi connectivity index (χ2v) is 9.92. The largest absolute Gasteiger partial charge is 0.395 e. The van der Waals surface area contributed by atoms with Crippen molar-refractivity contribution in [2.24, 2.45) is 0 Å². The van der Waals surface area contributed by atoms with Crippen LogP contribution >= 0.6 is 0 Å². The molecule has 0 aromatic carbocycles. The van der Waals surface area contributed by atoms with Crippen LogP contribution < -0.4 is 5.32 Å². The zero-order chi connectivity index (χ0) is 25.9. The van der Waals surface area contributed by atoms with Crippen LogP contribution in [0.1, 0.15) is 52.6 Å². The maximum absolute atomic E-state index is 12.9. The van der Waals surface area contributed by atoms with Crippen molar-refractivity contribution < 1.29 is 14.7 Å². The number of amides is 2. The number of aliphatic hydroxyl groups excluding tert-OH is 1. The molecule has 1 aliphatic heterocycles. The van der Waals surface area contributed by atoms with Gasteiger partial charge in [-0.15, -0.1) is 0 Å². The Bertz CT molecular complexity index is 1260. The summed E-state index contributed by atoms with van der Waals surface area (Å²) >= 11 is 0. The number of aromatic nitrogens is 4. The van der Waals surface area contributed by atoms with Gasteiger partial charge in [0.2, 0.25) is 5.95 Å². The van der Waals surface area contributed by atoms with Crippen molar-refractivity contribution in [1.82, 2.24) is 34.2 Å². The Morgan fingerprint density at radius 1 is 1.08 bits per heavy atom. The maximum atomic E-state index is 12.9. The minimum Gasteiger partial charge on any atom is -0.395 e. The topological polar surface area (TPSA) is 120 Å². The molecule has 0 bridgehead atoms. The SMILES string of the molecule is CN(C)C(=O)c1cc2cnc(Nc3ccc(C(=O)N4CCN(CCO)CC4)cn3)nc2n1C1CCCC1. The standard InChI is InChI=1S/C26H34N8O3/c1-31(2)25(37)21-15-19-17-28-26(30-23(19)34(21)20-5-3-4-6-20)29-22-8-7-18(16-27-22)24(36)33-11-9-32(10-12-33)13-14-35/h7-8,15-17,20,35H,3-6,9-14H2,1-2H3,(H,27,28,29,30). The van der Waals surface area contributed by atoms with Gasteiger partial charge in [0.25, 0.3) is 11.8 Å². The van der Waals surface area contributed by atoms with Crippen LogP contribution in [0.15, 0.2) is 30.6 Å². The number of nitrogens with one attached hydrogen (secondary N) is 1. The molecule has 2 fully saturated rings. The summed E-state index contributed by atoms with van der Waals surface area (Å²) in [4.78, 5) is 45.0. The molecule has 4 heterocycles.